The zero-order chi connectivity index (χ0) is 28.1. The molecule has 0 aromatic heterocycles. The van der Waals surface area contributed by atoms with E-state index in [4.69, 9.17) is 44.3 Å². The van der Waals surface area contributed by atoms with Gasteiger partial charge in [-0.05, 0) is 84.8 Å². The summed E-state index contributed by atoms with van der Waals surface area (Å²) in [7, 11) is 0. The molecule has 11 heteroatoms. The maximum absolute atomic E-state index is 13.0. The third kappa shape index (κ3) is 7.28. The average molecular weight is 606 g/mol. The Morgan fingerprint density at radius 3 is 2.51 bits per heavy atom. The number of halogens is 3. The number of benzene rings is 3. The van der Waals surface area contributed by atoms with Crippen LogP contribution in [-0.2, 0) is 16.2 Å². The molecule has 3 aromatic rings. The summed E-state index contributed by atoms with van der Waals surface area (Å²) in [5.41, 5.74) is 2.87. The molecule has 39 heavy (non-hydrogen) atoms. The lowest BCUT2D eigenvalue weighted by Gasteiger charge is -2.15. The number of ether oxygens (including phenoxy) is 2. The summed E-state index contributed by atoms with van der Waals surface area (Å²) in [4.78, 5) is 39.1. The first-order valence-electron chi connectivity index (χ1n) is 11.8. The maximum atomic E-state index is 13.0. The van der Waals surface area contributed by atoms with E-state index in [2.05, 4.69) is 5.32 Å². The Kier molecular flexibility index (Phi) is 9.45. The van der Waals surface area contributed by atoms with Crippen LogP contribution in [0.1, 0.15) is 23.6 Å². The number of nitrogens with zero attached hydrogens (tertiary/aromatic N) is 1. The quantitative estimate of drug-likeness (QED) is 0.253. The van der Waals surface area contributed by atoms with Crippen molar-refractivity contribution in [2.45, 2.75) is 20.5 Å². The first-order valence-corrected chi connectivity index (χ1v) is 13.7. The van der Waals surface area contributed by atoms with Crippen LogP contribution in [0.5, 0.6) is 11.5 Å². The molecule has 1 fully saturated rings. The van der Waals surface area contributed by atoms with Gasteiger partial charge in [-0.15, -0.1) is 0 Å². The number of carbonyl (C=O) groups is 3. The Morgan fingerprint density at radius 1 is 1.00 bits per heavy atom. The topological polar surface area (TPSA) is 84.9 Å². The van der Waals surface area contributed by atoms with Crippen LogP contribution >= 0.6 is 46.6 Å². The van der Waals surface area contributed by atoms with Crippen molar-refractivity contribution in [1.82, 2.24) is 4.90 Å². The minimum Gasteiger partial charge on any atom is -0.490 e. The lowest BCUT2D eigenvalue weighted by molar-refractivity contribution is -0.127. The van der Waals surface area contributed by atoms with Gasteiger partial charge in [-0.2, -0.15) is 0 Å². The van der Waals surface area contributed by atoms with Gasteiger partial charge in [0.2, 0.25) is 5.91 Å². The minimum absolute atomic E-state index is 0.159. The molecule has 1 saturated heterocycles. The van der Waals surface area contributed by atoms with Crippen molar-refractivity contribution >= 4 is 75.4 Å². The zero-order valence-electron chi connectivity index (χ0n) is 20.9. The number of nitrogens with one attached hydrogen (secondary N) is 1. The van der Waals surface area contributed by atoms with E-state index in [1.165, 1.54) is 6.08 Å². The van der Waals surface area contributed by atoms with E-state index < -0.39 is 23.6 Å². The number of amides is 3. The van der Waals surface area contributed by atoms with Crippen molar-refractivity contribution in [3.63, 3.8) is 0 Å². The summed E-state index contributed by atoms with van der Waals surface area (Å²) in [6, 6.07) is 15.7. The second kappa shape index (κ2) is 12.8. The van der Waals surface area contributed by atoms with E-state index in [1.807, 2.05) is 19.9 Å². The van der Waals surface area contributed by atoms with Gasteiger partial charge in [0, 0.05) is 5.69 Å². The van der Waals surface area contributed by atoms with Crippen molar-refractivity contribution < 1.29 is 23.9 Å². The predicted molar refractivity (Wildman–Crippen MR) is 156 cm³/mol. The third-order valence-electron chi connectivity index (χ3n) is 5.47. The lowest BCUT2D eigenvalue weighted by Crippen LogP contribution is -2.36. The van der Waals surface area contributed by atoms with Gasteiger partial charge >= 0.3 is 0 Å². The van der Waals surface area contributed by atoms with E-state index in [9.17, 15) is 14.4 Å². The molecule has 1 heterocycles. The third-order valence-corrected chi connectivity index (χ3v) is 7.40. The number of hydrogen-bond acceptors (Lipinski definition) is 6. The summed E-state index contributed by atoms with van der Waals surface area (Å²) >= 11 is 19.3. The smallest absolute Gasteiger partial charge is 0.294 e. The largest absolute Gasteiger partial charge is 0.490 e. The predicted octanol–water partition coefficient (Wildman–Crippen LogP) is 7.61. The van der Waals surface area contributed by atoms with Crippen molar-refractivity contribution in [1.29, 1.82) is 0 Å². The fraction of sp³-hybridized carbons (Fsp3) is 0.179. The number of rotatable bonds is 9. The molecular weight excluding hydrogens is 583 g/mol. The molecule has 3 aromatic carbocycles. The molecule has 7 nitrogen and oxygen atoms in total. The summed E-state index contributed by atoms with van der Waals surface area (Å²) in [6.45, 7) is 3.82. The molecule has 0 bridgehead atoms. The number of aryl methyl sites for hydroxylation is 1. The van der Waals surface area contributed by atoms with E-state index >= 15 is 0 Å². The highest BCUT2D eigenvalue weighted by Gasteiger charge is 2.36. The molecule has 1 N–H and O–H groups in total. The van der Waals surface area contributed by atoms with Crippen molar-refractivity contribution in [2.24, 2.45) is 0 Å². The van der Waals surface area contributed by atoms with E-state index in [1.54, 1.807) is 48.5 Å². The molecule has 1 aliphatic rings. The molecule has 3 amide bonds. The van der Waals surface area contributed by atoms with Crippen LogP contribution in [0.3, 0.4) is 0 Å². The Bertz CT molecular complexity index is 1480. The normalized spacial score (nSPS) is 14.2. The second-order valence-corrected chi connectivity index (χ2v) is 10.7. The van der Waals surface area contributed by atoms with E-state index in [-0.39, 0.29) is 16.5 Å². The van der Waals surface area contributed by atoms with Gasteiger partial charge in [0.1, 0.15) is 13.2 Å². The number of imide groups is 1. The number of thioether (sulfide) groups is 1. The van der Waals surface area contributed by atoms with E-state index in [0.717, 1.165) is 27.8 Å². The maximum Gasteiger partial charge on any atom is 0.294 e. The monoisotopic (exact) mass is 604 g/mol. The molecule has 202 valence electrons. The van der Waals surface area contributed by atoms with Gasteiger partial charge in [0.25, 0.3) is 11.1 Å². The number of carbonyl (C=O) groups excluding carboxylic acids is 3. The van der Waals surface area contributed by atoms with Crippen LogP contribution in [0.15, 0.2) is 59.5 Å². The van der Waals surface area contributed by atoms with Crippen LogP contribution in [-0.4, -0.2) is 35.1 Å². The molecular formula is C28H23Cl3N2O5S. The first kappa shape index (κ1) is 28.8. The highest BCUT2D eigenvalue weighted by molar-refractivity contribution is 8.18. The summed E-state index contributed by atoms with van der Waals surface area (Å²) in [5, 5.41) is 3.27. The van der Waals surface area contributed by atoms with Crippen LogP contribution in [0, 0.1) is 6.92 Å². The molecule has 0 unspecified atom stereocenters. The van der Waals surface area contributed by atoms with Crippen LogP contribution in [0.25, 0.3) is 6.08 Å². The van der Waals surface area contributed by atoms with Crippen LogP contribution < -0.4 is 14.8 Å². The van der Waals surface area contributed by atoms with Crippen molar-refractivity contribution in [3.8, 4) is 11.5 Å². The van der Waals surface area contributed by atoms with Gasteiger partial charge in [-0.1, -0.05) is 53.0 Å². The first-order chi connectivity index (χ1) is 18.6. The van der Waals surface area contributed by atoms with E-state index in [0.29, 0.717) is 39.4 Å². The highest BCUT2D eigenvalue weighted by atomic mass is 35.5. The molecule has 0 atom stereocenters. The standard InChI is InChI=1S/C28H23Cl3N2O5S/c1-3-37-23-12-18(11-22(31)26(23)38-15-17-7-8-20(29)21(30)10-17)13-24-27(35)33(28(36)39-24)14-25(34)32-19-6-4-5-16(2)9-19/h4-13H,3,14-15H2,1-2H3,(H,32,34)/b24-13-. The molecule has 0 saturated carbocycles. The summed E-state index contributed by atoms with van der Waals surface area (Å²) < 4.78 is 11.7. The van der Waals surface area contributed by atoms with Crippen molar-refractivity contribution in [3.05, 3.63) is 91.3 Å². The fourth-order valence-corrected chi connectivity index (χ4v) is 5.15. The molecule has 1 aliphatic heterocycles. The summed E-state index contributed by atoms with van der Waals surface area (Å²) in [5.74, 6) is -0.358. The minimum atomic E-state index is -0.571. The molecule has 0 radical (unpaired) electrons. The molecule has 0 aliphatic carbocycles. The average Bonchev–Trinajstić information content (AvgIpc) is 3.13. The molecule has 4 rings (SSSR count). The van der Waals surface area contributed by atoms with Gasteiger partial charge in [0.15, 0.2) is 11.5 Å². The highest BCUT2D eigenvalue weighted by Crippen LogP contribution is 2.39. The van der Waals surface area contributed by atoms with Gasteiger partial charge in [-0.3, -0.25) is 19.3 Å². The Balaban J connectivity index is 1.49. The number of hydrogen-bond donors (Lipinski definition) is 1. The molecule has 0 spiro atoms. The van der Waals surface area contributed by atoms with Crippen LogP contribution in [0.4, 0.5) is 10.5 Å². The van der Waals surface area contributed by atoms with Gasteiger partial charge < -0.3 is 14.8 Å². The zero-order valence-corrected chi connectivity index (χ0v) is 24.0. The van der Waals surface area contributed by atoms with Crippen molar-refractivity contribution in [2.75, 3.05) is 18.5 Å². The fourth-order valence-electron chi connectivity index (χ4n) is 3.71. The second-order valence-electron chi connectivity index (χ2n) is 8.49. The Hall–Kier alpha value is -3.17. The lowest BCUT2D eigenvalue weighted by atomic mass is 10.1. The van der Waals surface area contributed by atoms with Gasteiger partial charge in [-0.25, -0.2) is 0 Å². The Morgan fingerprint density at radius 2 is 1.79 bits per heavy atom. The summed E-state index contributed by atoms with van der Waals surface area (Å²) in [6.07, 6.45) is 1.53. The SMILES string of the molecule is CCOc1cc(/C=C2\SC(=O)N(CC(=O)Nc3cccc(C)c3)C2=O)cc(Cl)c1OCc1ccc(Cl)c(Cl)c1. The van der Waals surface area contributed by atoms with Crippen LogP contribution in [0.2, 0.25) is 15.1 Å². The Labute approximate surface area is 245 Å². The number of anilines is 1. The van der Waals surface area contributed by atoms with Gasteiger partial charge in [0.05, 0.1) is 26.6 Å².